The lowest BCUT2D eigenvalue weighted by Gasteiger charge is -2.15. The first-order chi connectivity index (χ1) is 9.49. The van der Waals surface area contributed by atoms with Crippen molar-refractivity contribution in [1.82, 2.24) is 5.32 Å². The zero-order chi connectivity index (χ0) is 14.7. The number of nitrogens with one attached hydrogen (secondary N) is 1. The van der Waals surface area contributed by atoms with Crippen LogP contribution in [0.4, 0.5) is 0 Å². The second-order valence-corrected chi connectivity index (χ2v) is 5.87. The number of hydrogen-bond acceptors (Lipinski definition) is 2. The SMILES string of the molecule is COc1ccc2cc(Br)cc(CC(C)NC(C)=O)c2c1. The Morgan fingerprint density at radius 2 is 2.10 bits per heavy atom. The summed E-state index contributed by atoms with van der Waals surface area (Å²) in [7, 11) is 1.67. The molecule has 0 radical (unpaired) electrons. The molecule has 0 aliphatic carbocycles. The van der Waals surface area contributed by atoms with Crippen LogP contribution in [0.2, 0.25) is 0 Å². The van der Waals surface area contributed by atoms with Crippen LogP contribution in [0.5, 0.6) is 5.75 Å². The first-order valence-corrected chi connectivity index (χ1v) is 7.32. The second kappa shape index (κ2) is 6.27. The van der Waals surface area contributed by atoms with E-state index in [1.54, 1.807) is 14.0 Å². The van der Waals surface area contributed by atoms with Gasteiger partial charge in [-0.05, 0) is 53.9 Å². The fourth-order valence-electron chi connectivity index (χ4n) is 2.40. The van der Waals surface area contributed by atoms with Gasteiger partial charge >= 0.3 is 0 Å². The van der Waals surface area contributed by atoms with Crippen LogP contribution in [-0.2, 0) is 11.2 Å². The van der Waals surface area contributed by atoms with Crippen LogP contribution in [0.25, 0.3) is 10.8 Å². The highest BCUT2D eigenvalue weighted by Gasteiger charge is 2.10. The molecule has 0 aliphatic heterocycles. The molecule has 1 atom stereocenters. The van der Waals surface area contributed by atoms with E-state index in [1.807, 2.05) is 25.1 Å². The van der Waals surface area contributed by atoms with E-state index in [0.29, 0.717) is 0 Å². The van der Waals surface area contributed by atoms with E-state index in [4.69, 9.17) is 4.74 Å². The van der Waals surface area contributed by atoms with Gasteiger partial charge in [0.15, 0.2) is 0 Å². The molecule has 106 valence electrons. The van der Waals surface area contributed by atoms with E-state index >= 15 is 0 Å². The number of carbonyl (C=O) groups is 1. The van der Waals surface area contributed by atoms with Gasteiger partial charge in [-0.3, -0.25) is 4.79 Å². The molecule has 0 spiro atoms. The summed E-state index contributed by atoms with van der Waals surface area (Å²) in [6.45, 7) is 3.55. The molecular formula is C16H18BrNO2. The van der Waals surface area contributed by atoms with Crippen LogP contribution in [-0.4, -0.2) is 19.1 Å². The number of ether oxygens (including phenoxy) is 1. The average Bonchev–Trinajstić information content (AvgIpc) is 2.37. The molecule has 2 aromatic carbocycles. The van der Waals surface area contributed by atoms with Gasteiger partial charge in [-0.25, -0.2) is 0 Å². The molecular weight excluding hydrogens is 318 g/mol. The van der Waals surface area contributed by atoms with Gasteiger partial charge in [-0.1, -0.05) is 22.0 Å². The summed E-state index contributed by atoms with van der Waals surface area (Å²) in [6, 6.07) is 10.3. The molecule has 4 heteroatoms. The highest BCUT2D eigenvalue weighted by atomic mass is 79.9. The number of rotatable bonds is 4. The van der Waals surface area contributed by atoms with Gasteiger partial charge in [-0.2, -0.15) is 0 Å². The van der Waals surface area contributed by atoms with Crippen LogP contribution in [0, 0.1) is 0 Å². The Bertz CT molecular complexity index is 640. The maximum absolute atomic E-state index is 11.1. The third kappa shape index (κ3) is 3.51. The molecule has 0 bridgehead atoms. The predicted molar refractivity (Wildman–Crippen MR) is 85.2 cm³/mol. The van der Waals surface area contributed by atoms with Crippen molar-refractivity contribution in [3.63, 3.8) is 0 Å². The molecule has 1 N–H and O–H groups in total. The standard InChI is InChI=1S/C16H18BrNO2/c1-10(18-11(2)19)6-13-8-14(17)7-12-4-5-15(20-3)9-16(12)13/h4-5,7-10H,6H2,1-3H3,(H,18,19). The zero-order valence-electron chi connectivity index (χ0n) is 11.9. The quantitative estimate of drug-likeness (QED) is 0.925. The second-order valence-electron chi connectivity index (χ2n) is 4.96. The largest absolute Gasteiger partial charge is 0.497 e. The van der Waals surface area contributed by atoms with Crippen molar-refractivity contribution in [3.8, 4) is 5.75 Å². The van der Waals surface area contributed by atoms with Gasteiger partial charge in [0.2, 0.25) is 5.91 Å². The molecule has 1 amide bonds. The summed E-state index contributed by atoms with van der Waals surface area (Å²) in [6.07, 6.45) is 0.780. The van der Waals surface area contributed by atoms with Crippen LogP contribution in [0.3, 0.4) is 0 Å². The number of benzene rings is 2. The summed E-state index contributed by atoms with van der Waals surface area (Å²) in [5.41, 5.74) is 1.19. The molecule has 0 aliphatic rings. The van der Waals surface area contributed by atoms with Crippen molar-refractivity contribution >= 4 is 32.6 Å². The molecule has 0 aromatic heterocycles. The fourth-order valence-corrected chi connectivity index (χ4v) is 2.92. The predicted octanol–water partition coefficient (Wildman–Crippen LogP) is 3.68. The normalized spacial score (nSPS) is 12.2. The smallest absolute Gasteiger partial charge is 0.217 e. The Labute approximate surface area is 127 Å². The van der Waals surface area contributed by atoms with Crippen LogP contribution < -0.4 is 10.1 Å². The molecule has 0 heterocycles. The van der Waals surface area contributed by atoms with E-state index in [1.165, 1.54) is 5.56 Å². The molecule has 1 unspecified atom stereocenters. The number of hydrogen-bond donors (Lipinski definition) is 1. The zero-order valence-corrected chi connectivity index (χ0v) is 13.5. The van der Waals surface area contributed by atoms with Gasteiger partial charge in [-0.15, -0.1) is 0 Å². The Kier molecular flexibility index (Phi) is 4.65. The number of halogens is 1. The number of methoxy groups -OCH3 is 1. The molecule has 0 saturated heterocycles. The van der Waals surface area contributed by atoms with E-state index < -0.39 is 0 Å². The number of amides is 1. The fraction of sp³-hybridized carbons (Fsp3) is 0.312. The third-order valence-corrected chi connectivity index (χ3v) is 3.65. The summed E-state index contributed by atoms with van der Waals surface area (Å²) in [4.78, 5) is 11.1. The van der Waals surface area contributed by atoms with E-state index in [9.17, 15) is 4.79 Å². The molecule has 0 saturated carbocycles. The first kappa shape index (κ1) is 14.9. The maximum atomic E-state index is 11.1. The minimum absolute atomic E-state index is 0.00520. The van der Waals surface area contributed by atoms with Crippen molar-refractivity contribution in [2.24, 2.45) is 0 Å². The van der Waals surface area contributed by atoms with Gasteiger partial charge in [0, 0.05) is 17.4 Å². The lowest BCUT2D eigenvalue weighted by molar-refractivity contribution is -0.119. The van der Waals surface area contributed by atoms with Gasteiger partial charge in [0.05, 0.1) is 7.11 Å². The molecule has 3 nitrogen and oxygen atoms in total. The molecule has 0 fully saturated rings. The van der Waals surface area contributed by atoms with Gasteiger partial charge < -0.3 is 10.1 Å². The monoisotopic (exact) mass is 335 g/mol. The summed E-state index contributed by atoms with van der Waals surface area (Å²) in [5, 5.41) is 5.23. The summed E-state index contributed by atoms with van der Waals surface area (Å²) >= 11 is 3.54. The Morgan fingerprint density at radius 1 is 1.35 bits per heavy atom. The first-order valence-electron chi connectivity index (χ1n) is 6.53. The van der Waals surface area contributed by atoms with Crippen LogP contribution in [0.15, 0.2) is 34.8 Å². The maximum Gasteiger partial charge on any atom is 0.217 e. The van der Waals surface area contributed by atoms with Crippen LogP contribution >= 0.6 is 15.9 Å². The van der Waals surface area contributed by atoms with E-state index in [0.717, 1.165) is 27.4 Å². The van der Waals surface area contributed by atoms with Crippen molar-refractivity contribution in [2.45, 2.75) is 26.3 Å². The Morgan fingerprint density at radius 3 is 2.75 bits per heavy atom. The topological polar surface area (TPSA) is 38.3 Å². The van der Waals surface area contributed by atoms with Crippen molar-refractivity contribution in [1.29, 1.82) is 0 Å². The minimum atomic E-state index is -0.00520. The van der Waals surface area contributed by atoms with Crippen molar-refractivity contribution < 1.29 is 9.53 Å². The van der Waals surface area contributed by atoms with Crippen LogP contribution in [0.1, 0.15) is 19.4 Å². The van der Waals surface area contributed by atoms with Crippen molar-refractivity contribution in [2.75, 3.05) is 7.11 Å². The van der Waals surface area contributed by atoms with E-state index in [2.05, 4.69) is 33.4 Å². The minimum Gasteiger partial charge on any atom is -0.497 e. The van der Waals surface area contributed by atoms with Crippen molar-refractivity contribution in [3.05, 3.63) is 40.4 Å². The molecule has 20 heavy (non-hydrogen) atoms. The van der Waals surface area contributed by atoms with Gasteiger partial charge in [0.25, 0.3) is 0 Å². The lowest BCUT2D eigenvalue weighted by atomic mass is 9.99. The third-order valence-electron chi connectivity index (χ3n) is 3.19. The summed E-state index contributed by atoms with van der Waals surface area (Å²) < 4.78 is 6.34. The lowest BCUT2D eigenvalue weighted by Crippen LogP contribution is -2.32. The number of carbonyl (C=O) groups excluding carboxylic acids is 1. The molecule has 2 aromatic rings. The highest BCUT2D eigenvalue weighted by molar-refractivity contribution is 9.10. The summed E-state index contributed by atoms with van der Waals surface area (Å²) in [5.74, 6) is 0.836. The van der Waals surface area contributed by atoms with E-state index in [-0.39, 0.29) is 11.9 Å². The molecule has 2 rings (SSSR count). The average molecular weight is 336 g/mol. The Balaban J connectivity index is 2.42. The van der Waals surface area contributed by atoms with Gasteiger partial charge in [0.1, 0.15) is 5.75 Å². The number of fused-ring (bicyclic) bond motifs is 1. The Hall–Kier alpha value is -1.55. The highest BCUT2D eigenvalue weighted by Crippen LogP contribution is 2.28.